The van der Waals surface area contributed by atoms with E-state index in [1.54, 1.807) is 0 Å². The molecule has 0 aromatic carbocycles. The van der Waals surface area contributed by atoms with Crippen molar-refractivity contribution in [2.75, 3.05) is 13.1 Å². The normalized spacial score (nSPS) is 32.9. The summed E-state index contributed by atoms with van der Waals surface area (Å²) >= 11 is 0. The zero-order chi connectivity index (χ0) is 10.3. The van der Waals surface area contributed by atoms with E-state index in [1.807, 2.05) is 6.92 Å². The van der Waals surface area contributed by atoms with E-state index in [1.165, 1.54) is 4.90 Å². The van der Waals surface area contributed by atoms with Crippen molar-refractivity contribution in [2.24, 2.45) is 23.5 Å². The molecule has 3 atom stereocenters. The van der Waals surface area contributed by atoms with E-state index in [2.05, 4.69) is 0 Å². The fourth-order valence-electron chi connectivity index (χ4n) is 2.17. The minimum absolute atomic E-state index is 0.00692. The lowest BCUT2D eigenvalue weighted by Gasteiger charge is -2.24. The second-order valence-electron chi connectivity index (χ2n) is 4.42. The van der Waals surface area contributed by atoms with Gasteiger partial charge in [-0.2, -0.15) is 0 Å². The molecule has 14 heavy (non-hydrogen) atoms. The Hall–Kier alpha value is -0.900. The molecule has 0 radical (unpaired) electrons. The van der Waals surface area contributed by atoms with Crippen LogP contribution in [0.3, 0.4) is 0 Å². The van der Waals surface area contributed by atoms with E-state index in [4.69, 9.17) is 5.73 Å². The lowest BCUT2D eigenvalue weighted by molar-refractivity contribution is -0.140. The van der Waals surface area contributed by atoms with Crippen LogP contribution in [0.15, 0.2) is 0 Å². The molecule has 1 aliphatic carbocycles. The van der Waals surface area contributed by atoms with Crippen molar-refractivity contribution in [1.82, 2.24) is 4.90 Å². The lowest BCUT2D eigenvalue weighted by Crippen LogP contribution is -2.36. The van der Waals surface area contributed by atoms with Crippen LogP contribution in [-0.2, 0) is 9.59 Å². The Morgan fingerprint density at radius 3 is 2.21 bits per heavy atom. The standard InChI is InChI=1S/C10H16N2O2/c1-6(4-11)5-12-9(13)7-2-3-8(7)10(12)14/h6-8H,2-5,11H2,1H3. The predicted octanol–water partition coefficient (Wildman–Crippen LogP) is -0.0238. The molecule has 4 heteroatoms. The highest BCUT2D eigenvalue weighted by atomic mass is 16.2. The molecule has 2 amide bonds. The van der Waals surface area contributed by atoms with Crippen molar-refractivity contribution in [3.8, 4) is 0 Å². The lowest BCUT2D eigenvalue weighted by atomic mass is 9.76. The topological polar surface area (TPSA) is 63.4 Å². The van der Waals surface area contributed by atoms with Crippen LogP contribution in [0.2, 0.25) is 0 Å². The highest BCUT2D eigenvalue weighted by molar-refractivity contribution is 6.06. The SMILES string of the molecule is CC(CN)CN1C(=O)C2CCC2C1=O. The van der Waals surface area contributed by atoms with E-state index >= 15 is 0 Å². The molecule has 1 aliphatic heterocycles. The van der Waals surface area contributed by atoms with Crippen molar-refractivity contribution in [1.29, 1.82) is 0 Å². The van der Waals surface area contributed by atoms with E-state index in [0.717, 1.165) is 12.8 Å². The number of amides is 2. The summed E-state index contributed by atoms with van der Waals surface area (Å²) in [7, 11) is 0. The highest BCUT2D eigenvalue weighted by Gasteiger charge is 2.52. The number of rotatable bonds is 3. The first-order valence-electron chi connectivity index (χ1n) is 5.20. The summed E-state index contributed by atoms with van der Waals surface area (Å²) < 4.78 is 0. The Morgan fingerprint density at radius 2 is 1.86 bits per heavy atom. The molecular weight excluding hydrogens is 180 g/mol. The van der Waals surface area contributed by atoms with Crippen molar-refractivity contribution >= 4 is 11.8 Å². The molecule has 0 spiro atoms. The Labute approximate surface area is 83.4 Å². The number of fused-ring (bicyclic) bond motifs is 1. The zero-order valence-corrected chi connectivity index (χ0v) is 8.40. The molecule has 2 aliphatic rings. The quantitative estimate of drug-likeness (QED) is 0.645. The van der Waals surface area contributed by atoms with Gasteiger partial charge in [0.2, 0.25) is 11.8 Å². The van der Waals surface area contributed by atoms with Crippen LogP contribution in [-0.4, -0.2) is 29.8 Å². The van der Waals surface area contributed by atoms with Gasteiger partial charge < -0.3 is 5.73 Å². The van der Waals surface area contributed by atoms with E-state index in [9.17, 15) is 9.59 Å². The number of hydrogen-bond donors (Lipinski definition) is 1. The minimum Gasteiger partial charge on any atom is -0.330 e. The average Bonchev–Trinajstić information content (AvgIpc) is 2.24. The first-order chi connectivity index (χ1) is 6.65. The summed E-state index contributed by atoms with van der Waals surface area (Å²) in [6.07, 6.45) is 1.78. The first-order valence-corrected chi connectivity index (χ1v) is 5.20. The van der Waals surface area contributed by atoms with E-state index in [0.29, 0.717) is 13.1 Å². The molecule has 0 aromatic rings. The molecule has 1 heterocycles. The largest absolute Gasteiger partial charge is 0.330 e. The molecule has 3 unspecified atom stereocenters. The zero-order valence-electron chi connectivity index (χ0n) is 8.40. The summed E-state index contributed by atoms with van der Waals surface area (Å²) in [5, 5.41) is 0. The van der Waals surface area contributed by atoms with Crippen LogP contribution in [0.1, 0.15) is 19.8 Å². The van der Waals surface area contributed by atoms with Crippen LogP contribution in [0.5, 0.6) is 0 Å². The van der Waals surface area contributed by atoms with Crippen LogP contribution >= 0.6 is 0 Å². The van der Waals surface area contributed by atoms with Gasteiger partial charge in [-0.1, -0.05) is 6.92 Å². The Kier molecular flexibility index (Phi) is 2.31. The Morgan fingerprint density at radius 1 is 1.36 bits per heavy atom. The number of carbonyl (C=O) groups is 2. The molecule has 78 valence electrons. The Bertz CT molecular complexity index is 255. The summed E-state index contributed by atoms with van der Waals surface area (Å²) in [4.78, 5) is 24.8. The molecule has 0 aromatic heterocycles. The predicted molar refractivity (Wildman–Crippen MR) is 51.2 cm³/mol. The number of imide groups is 1. The molecule has 2 rings (SSSR count). The number of hydrogen-bond acceptors (Lipinski definition) is 3. The smallest absolute Gasteiger partial charge is 0.233 e. The van der Waals surface area contributed by atoms with Gasteiger partial charge >= 0.3 is 0 Å². The van der Waals surface area contributed by atoms with Crippen molar-refractivity contribution in [3.63, 3.8) is 0 Å². The van der Waals surface area contributed by atoms with Crippen LogP contribution in [0.4, 0.5) is 0 Å². The highest BCUT2D eigenvalue weighted by Crippen LogP contribution is 2.42. The van der Waals surface area contributed by atoms with Gasteiger partial charge in [0.25, 0.3) is 0 Å². The monoisotopic (exact) mass is 196 g/mol. The maximum Gasteiger partial charge on any atom is 0.233 e. The van der Waals surface area contributed by atoms with Gasteiger partial charge in [0.05, 0.1) is 11.8 Å². The molecule has 1 saturated carbocycles. The summed E-state index contributed by atoms with van der Waals surface area (Å²) in [5.41, 5.74) is 5.48. The number of nitrogens with two attached hydrogens (primary N) is 1. The van der Waals surface area contributed by atoms with Gasteiger partial charge in [-0.3, -0.25) is 14.5 Å². The fourth-order valence-corrected chi connectivity index (χ4v) is 2.17. The van der Waals surface area contributed by atoms with Crippen molar-refractivity contribution in [3.05, 3.63) is 0 Å². The number of carbonyl (C=O) groups excluding carboxylic acids is 2. The van der Waals surface area contributed by atoms with Gasteiger partial charge in [0.15, 0.2) is 0 Å². The molecule has 4 nitrogen and oxygen atoms in total. The second kappa shape index (κ2) is 3.35. The second-order valence-corrected chi connectivity index (χ2v) is 4.42. The van der Waals surface area contributed by atoms with Gasteiger partial charge in [0.1, 0.15) is 0 Å². The summed E-state index contributed by atoms with van der Waals surface area (Å²) in [6, 6.07) is 0. The number of nitrogens with zero attached hydrogens (tertiary/aromatic N) is 1. The van der Waals surface area contributed by atoms with Crippen molar-refractivity contribution < 1.29 is 9.59 Å². The minimum atomic E-state index is 0.00692. The molecule has 0 bridgehead atoms. The Balaban J connectivity index is 2.04. The molecule has 2 fully saturated rings. The van der Waals surface area contributed by atoms with Gasteiger partial charge in [0, 0.05) is 6.54 Å². The number of likely N-dealkylation sites (tertiary alicyclic amines) is 1. The van der Waals surface area contributed by atoms with Crippen LogP contribution < -0.4 is 5.73 Å². The molecular formula is C10H16N2O2. The summed E-state index contributed by atoms with van der Waals surface area (Å²) in [5.74, 6) is 0.290. The fraction of sp³-hybridized carbons (Fsp3) is 0.800. The third kappa shape index (κ3) is 1.25. The van der Waals surface area contributed by atoms with Crippen LogP contribution in [0, 0.1) is 17.8 Å². The van der Waals surface area contributed by atoms with Gasteiger partial charge in [-0.15, -0.1) is 0 Å². The van der Waals surface area contributed by atoms with E-state index in [-0.39, 0.29) is 29.6 Å². The van der Waals surface area contributed by atoms with Crippen molar-refractivity contribution in [2.45, 2.75) is 19.8 Å². The maximum absolute atomic E-state index is 11.7. The third-order valence-electron chi connectivity index (χ3n) is 3.34. The third-order valence-corrected chi connectivity index (χ3v) is 3.34. The molecule has 1 saturated heterocycles. The van der Waals surface area contributed by atoms with E-state index < -0.39 is 0 Å². The maximum atomic E-state index is 11.7. The van der Waals surface area contributed by atoms with Crippen LogP contribution in [0.25, 0.3) is 0 Å². The van der Waals surface area contributed by atoms with Gasteiger partial charge in [-0.25, -0.2) is 0 Å². The van der Waals surface area contributed by atoms with Gasteiger partial charge in [-0.05, 0) is 25.3 Å². The average molecular weight is 196 g/mol. The first kappa shape index (κ1) is 9.65. The molecule has 2 N–H and O–H groups in total. The summed E-state index contributed by atoms with van der Waals surface area (Å²) in [6.45, 7) is 2.98.